The maximum atomic E-state index is 13.4. The molecule has 1 heterocycles. The van der Waals surface area contributed by atoms with Gasteiger partial charge in [0.15, 0.2) is 17.5 Å². The number of pyridine rings is 1. The molecule has 2 aromatic rings. The van der Waals surface area contributed by atoms with Gasteiger partial charge in [-0.15, -0.1) is 0 Å². The first-order valence-corrected chi connectivity index (χ1v) is 5.16. The van der Waals surface area contributed by atoms with Crippen molar-refractivity contribution >= 4 is 17.2 Å². The van der Waals surface area contributed by atoms with Crippen molar-refractivity contribution in [2.45, 2.75) is 0 Å². The number of hydrogen-bond donors (Lipinski definition) is 2. The van der Waals surface area contributed by atoms with Crippen molar-refractivity contribution in [3.63, 3.8) is 0 Å². The summed E-state index contributed by atoms with van der Waals surface area (Å²) in [5, 5.41) is 5.46. The van der Waals surface area contributed by atoms with E-state index < -0.39 is 17.5 Å². The number of halogens is 3. The normalized spacial score (nSPS) is 10.2. The third-order valence-electron chi connectivity index (χ3n) is 2.33. The molecule has 0 bridgehead atoms. The minimum Gasteiger partial charge on any atom is -0.373 e. The topological polar surface area (TPSA) is 37.0 Å². The Morgan fingerprint density at radius 1 is 1.06 bits per heavy atom. The van der Waals surface area contributed by atoms with Crippen molar-refractivity contribution in [1.82, 2.24) is 4.98 Å². The number of nitrogens with one attached hydrogen (secondary N) is 2. The fourth-order valence-corrected chi connectivity index (χ4v) is 1.42. The monoisotopic (exact) mass is 253 g/mol. The van der Waals surface area contributed by atoms with Crippen LogP contribution in [0.2, 0.25) is 0 Å². The van der Waals surface area contributed by atoms with Gasteiger partial charge in [-0.25, -0.2) is 18.2 Å². The van der Waals surface area contributed by atoms with Crippen LogP contribution in [0.4, 0.5) is 30.4 Å². The van der Waals surface area contributed by atoms with Gasteiger partial charge in [0.25, 0.3) is 0 Å². The summed E-state index contributed by atoms with van der Waals surface area (Å²) in [5.41, 5.74) is 0.376. The Kier molecular flexibility index (Phi) is 3.36. The second-order valence-electron chi connectivity index (χ2n) is 3.53. The van der Waals surface area contributed by atoms with Crippen LogP contribution in [0.25, 0.3) is 0 Å². The number of nitrogens with zero attached hydrogens (tertiary/aromatic N) is 1. The summed E-state index contributed by atoms with van der Waals surface area (Å²) in [6.07, 6.45) is 1.51. The number of rotatable bonds is 3. The summed E-state index contributed by atoms with van der Waals surface area (Å²) in [6, 6.07) is 5.19. The van der Waals surface area contributed by atoms with Gasteiger partial charge in [-0.1, -0.05) is 0 Å². The molecule has 0 unspecified atom stereocenters. The van der Waals surface area contributed by atoms with Crippen molar-refractivity contribution in [2.75, 3.05) is 17.7 Å². The largest absolute Gasteiger partial charge is 0.373 e. The first kappa shape index (κ1) is 12.2. The first-order chi connectivity index (χ1) is 8.61. The maximum absolute atomic E-state index is 13.4. The van der Waals surface area contributed by atoms with Crippen molar-refractivity contribution in [1.29, 1.82) is 0 Å². The maximum Gasteiger partial charge on any atom is 0.196 e. The van der Waals surface area contributed by atoms with Crippen molar-refractivity contribution in [3.05, 3.63) is 47.9 Å². The Labute approximate surface area is 102 Å². The Morgan fingerprint density at radius 3 is 2.56 bits per heavy atom. The van der Waals surface area contributed by atoms with E-state index >= 15 is 0 Å². The van der Waals surface area contributed by atoms with Crippen molar-refractivity contribution in [2.24, 2.45) is 0 Å². The van der Waals surface area contributed by atoms with Gasteiger partial charge in [-0.05, 0) is 18.2 Å². The molecule has 0 amide bonds. The van der Waals surface area contributed by atoms with Gasteiger partial charge in [-0.2, -0.15) is 0 Å². The quantitative estimate of drug-likeness (QED) is 0.824. The predicted molar refractivity (Wildman–Crippen MR) is 63.4 cm³/mol. The van der Waals surface area contributed by atoms with Crippen LogP contribution >= 0.6 is 0 Å². The lowest BCUT2D eigenvalue weighted by molar-refractivity contribution is 0.449. The van der Waals surface area contributed by atoms with Crippen molar-refractivity contribution in [3.8, 4) is 0 Å². The highest BCUT2D eigenvalue weighted by Crippen LogP contribution is 2.24. The van der Waals surface area contributed by atoms with E-state index in [-0.39, 0.29) is 5.69 Å². The minimum atomic E-state index is -1.50. The van der Waals surface area contributed by atoms with Crippen LogP contribution in [0.15, 0.2) is 30.5 Å². The number of aromatic nitrogens is 1. The zero-order valence-corrected chi connectivity index (χ0v) is 9.47. The molecule has 0 fully saturated rings. The molecule has 0 atom stereocenters. The van der Waals surface area contributed by atoms with Gasteiger partial charge < -0.3 is 10.6 Å². The van der Waals surface area contributed by atoms with Crippen LogP contribution in [-0.4, -0.2) is 12.0 Å². The minimum absolute atomic E-state index is 0.137. The Morgan fingerprint density at radius 2 is 1.83 bits per heavy atom. The third kappa shape index (κ3) is 2.37. The summed E-state index contributed by atoms with van der Waals surface area (Å²) < 4.78 is 39.2. The van der Waals surface area contributed by atoms with Gasteiger partial charge >= 0.3 is 0 Å². The van der Waals surface area contributed by atoms with Crippen LogP contribution in [0.3, 0.4) is 0 Å². The summed E-state index contributed by atoms with van der Waals surface area (Å²) in [5.74, 6) is -3.40. The fraction of sp³-hybridized carbons (Fsp3) is 0.0833. The van der Waals surface area contributed by atoms with E-state index in [0.717, 1.165) is 12.1 Å². The highest BCUT2D eigenvalue weighted by atomic mass is 19.2. The molecule has 1 aromatic carbocycles. The molecule has 0 radical (unpaired) electrons. The molecular weight excluding hydrogens is 243 g/mol. The summed E-state index contributed by atoms with van der Waals surface area (Å²) in [6.45, 7) is 0. The fourth-order valence-electron chi connectivity index (χ4n) is 1.42. The zero-order valence-electron chi connectivity index (χ0n) is 9.47. The van der Waals surface area contributed by atoms with Crippen LogP contribution in [0.1, 0.15) is 0 Å². The van der Waals surface area contributed by atoms with E-state index in [9.17, 15) is 13.2 Å². The molecule has 2 rings (SSSR count). The number of benzene rings is 1. The molecule has 0 saturated heterocycles. The van der Waals surface area contributed by atoms with Crippen LogP contribution < -0.4 is 10.6 Å². The van der Waals surface area contributed by atoms with Gasteiger partial charge in [0.2, 0.25) is 0 Å². The zero-order chi connectivity index (χ0) is 13.1. The van der Waals surface area contributed by atoms with Gasteiger partial charge in [0, 0.05) is 25.0 Å². The van der Waals surface area contributed by atoms with Crippen LogP contribution in [-0.2, 0) is 0 Å². The lowest BCUT2D eigenvalue weighted by Gasteiger charge is -2.09. The first-order valence-electron chi connectivity index (χ1n) is 5.16. The molecule has 2 N–H and O–H groups in total. The molecule has 6 heteroatoms. The third-order valence-corrected chi connectivity index (χ3v) is 2.33. The standard InChI is InChI=1S/C12H10F3N3/c1-16-10-6-7(4-5-17-10)18-9-3-2-8(13)11(14)12(9)15/h2-6H,1H3,(H2,16,17,18). The van der Waals surface area contributed by atoms with Gasteiger partial charge in [0.1, 0.15) is 5.82 Å². The molecule has 0 spiro atoms. The van der Waals surface area contributed by atoms with Gasteiger partial charge in [-0.3, -0.25) is 0 Å². The van der Waals surface area contributed by atoms with E-state index in [4.69, 9.17) is 0 Å². The van der Waals surface area contributed by atoms with E-state index in [1.54, 1.807) is 19.2 Å². The van der Waals surface area contributed by atoms with Gasteiger partial charge in [0.05, 0.1) is 5.69 Å². The predicted octanol–water partition coefficient (Wildman–Crippen LogP) is 3.28. The Bertz CT molecular complexity index is 572. The average Bonchev–Trinajstić information content (AvgIpc) is 2.40. The molecule has 18 heavy (non-hydrogen) atoms. The summed E-state index contributed by atoms with van der Waals surface area (Å²) in [4.78, 5) is 3.97. The highest BCUT2D eigenvalue weighted by molar-refractivity contribution is 5.62. The van der Waals surface area contributed by atoms with E-state index in [0.29, 0.717) is 11.5 Å². The van der Waals surface area contributed by atoms with Crippen LogP contribution in [0, 0.1) is 17.5 Å². The molecule has 0 saturated carbocycles. The molecule has 1 aromatic heterocycles. The second-order valence-corrected chi connectivity index (χ2v) is 3.53. The SMILES string of the molecule is CNc1cc(Nc2ccc(F)c(F)c2F)ccn1. The lowest BCUT2D eigenvalue weighted by Crippen LogP contribution is -2.00. The molecule has 94 valence electrons. The smallest absolute Gasteiger partial charge is 0.196 e. The highest BCUT2D eigenvalue weighted by Gasteiger charge is 2.13. The Balaban J connectivity index is 2.31. The molecule has 0 aliphatic heterocycles. The van der Waals surface area contributed by atoms with E-state index in [1.807, 2.05) is 0 Å². The molecular formula is C12H10F3N3. The van der Waals surface area contributed by atoms with E-state index in [1.165, 1.54) is 6.20 Å². The number of anilines is 3. The molecule has 0 aliphatic rings. The average molecular weight is 253 g/mol. The summed E-state index contributed by atoms with van der Waals surface area (Å²) >= 11 is 0. The summed E-state index contributed by atoms with van der Waals surface area (Å²) in [7, 11) is 1.68. The molecule has 0 aliphatic carbocycles. The van der Waals surface area contributed by atoms with E-state index in [2.05, 4.69) is 15.6 Å². The number of hydrogen-bond acceptors (Lipinski definition) is 3. The Hall–Kier alpha value is -2.24. The lowest BCUT2D eigenvalue weighted by atomic mass is 10.2. The second kappa shape index (κ2) is 4.95. The van der Waals surface area contributed by atoms with Crippen molar-refractivity contribution < 1.29 is 13.2 Å². The molecule has 3 nitrogen and oxygen atoms in total. The van der Waals surface area contributed by atoms with Crippen LogP contribution in [0.5, 0.6) is 0 Å².